The van der Waals surface area contributed by atoms with Gasteiger partial charge in [-0.05, 0) is 11.6 Å². The molecular weight excluding hydrogens is 228 g/mol. The Hall–Kier alpha value is -2.37. The standard InChI is InChI=1S/C12H16N6/c1-14-10-6-11(17-12(13)16-10)18(2)8-9-4-3-5-15-7-9/h3-7H,8H2,1-2H3,(H3,13,14,16,17). The molecule has 94 valence electrons. The van der Waals surface area contributed by atoms with Crippen LogP contribution in [0.15, 0.2) is 30.6 Å². The SMILES string of the molecule is CNc1cc(N(C)Cc2cccnc2)nc(N)n1. The molecule has 0 amide bonds. The summed E-state index contributed by atoms with van der Waals surface area (Å²) in [4.78, 5) is 14.4. The molecule has 0 fully saturated rings. The van der Waals surface area contributed by atoms with E-state index in [1.54, 1.807) is 13.2 Å². The van der Waals surface area contributed by atoms with Gasteiger partial charge in [0.1, 0.15) is 11.6 Å². The van der Waals surface area contributed by atoms with Crippen molar-refractivity contribution in [2.75, 3.05) is 30.0 Å². The lowest BCUT2D eigenvalue weighted by atomic mass is 10.3. The highest BCUT2D eigenvalue weighted by Gasteiger charge is 2.07. The minimum Gasteiger partial charge on any atom is -0.373 e. The molecule has 6 heteroatoms. The summed E-state index contributed by atoms with van der Waals surface area (Å²) < 4.78 is 0. The topological polar surface area (TPSA) is 80.0 Å². The van der Waals surface area contributed by atoms with E-state index < -0.39 is 0 Å². The maximum atomic E-state index is 5.66. The zero-order chi connectivity index (χ0) is 13.0. The van der Waals surface area contributed by atoms with Gasteiger partial charge in [-0.15, -0.1) is 0 Å². The number of nitrogens with zero attached hydrogens (tertiary/aromatic N) is 4. The lowest BCUT2D eigenvalue weighted by Gasteiger charge is -2.18. The Labute approximate surface area is 106 Å². The Balaban J connectivity index is 2.18. The van der Waals surface area contributed by atoms with Gasteiger partial charge >= 0.3 is 0 Å². The van der Waals surface area contributed by atoms with E-state index in [-0.39, 0.29) is 5.95 Å². The first-order valence-electron chi connectivity index (χ1n) is 5.61. The second kappa shape index (κ2) is 5.31. The number of anilines is 3. The van der Waals surface area contributed by atoms with Crippen molar-refractivity contribution in [1.82, 2.24) is 15.0 Å². The summed E-state index contributed by atoms with van der Waals surface area (Å²) >= 11 is 0. The molecule has 0 atom stereocenters. The molecule has 0 unspecified atom stereocenters. The summed E-state index contributed by atoms with van der Waals surface area (Å²) in [6.07, 6.45) is 3.59. The van der Waals surface area contributed by atoms with E-state index in [0.29, 0.717) is 12.4 Å². The molecule has 0 aromatic carbocycles. The molecule has 6 nitrogen and oxygen atoms in total. The lowest BCUT2D eigenvalue weighted by Crippen LogP contribution is -2.19. The molecule has 2 rings (SSSR count). The molecule has 2 aromatic rings. The average molecular weight is 244 g/mol. The highest BCUT2D eigenvalue weighted by atomic mass is 15.2. The summed E-state index contributed by atoms with van der Waals surface area (Å²) in [6.45, 7) is 0.716. The minimum absolute atomic E-state index is 0.259. The van der Waals surface area contributed by atoms with E-state index >= 15 is 0 Å². The summed E-state index contributed by atoms with van der Waals surface area (Å²) in [7, 11) is 3.75. The Morgan fingerprint density at radius 1 is 1.39 bits per heavy atom. The van der Waals surface area contributed by atoms with Crippen LogP contribution in [-0.2, 0) is 6.54 Å². The first-order chi connectivity index (χ1) is 8.69. The second-order valence-electron chi connectivity index (χ2n) is 3.94. The van der Waals surface area contributed by atoms with Crippen LogP contribution in [0, 0.1) is 0 Å². The molecule has 0 aliphatic heterocycles. The average Bonchev–Trinajstić information content (AvgIpc) is 2.39. The largest absolute Gasteiger partial charge is 0.373 e. The van der Waals surface area contributed by atoms with Crippen LogP contribution in [0.1, 0.15) is 5.56 Å². The smallest absolute Gasteiger partial charge is 0.223 e. The Morgan fingerprint density at radius 2 is 2.22 bits per heavy atom. The van der Waals surface area contributed by atoms with Gasteiger partial charge in [0.05, 0.1) is 0 Å². The minimum atomic E-state index is 0.259. The van der Waals surface area contributed by atoms with Crippen LogP contribution in [-0.4, -0.2) is 29.0 Å². The third-order valence-corrected chi connectivity index (χ3v) is 2.52. The van der Waals surface area contributed by atoms with Crippen molar-refractivity contribution in [3.05, 3.63) is 36.2 Å². The monoisotopic (exact) mass is 244 g/mol. The molecule has 0 saturated heterocycles. The van der Waals surface area contributed by atoms with E-state index in [1.165, 1.54) is 0 Å². The fourth-order valence-electron chi connectivity index (χ4n) is 1.62. The lowest BCUT2D eigenvalue weighted by molar-refractivity contribution is 0.888. The predicted molar refractivity (Wildman–Crippen MR) is 72.3 cm³/mol. The van der Waals surface area contributed by atoms with Crippen molar-refractivity contribution in [1.29, 1.82) is 0 Å². The number of rotatable bonds is 4. The fourth-order valence-corrected chi connectivity index (χ4v) is 1.62. The Bertz CT molecular complexity index is 513. The van der Waals surface area contributed by atoms with Gasteiger partial charge in [-0.25, -0.2) is 0 Å². The van der Waals surface area contributed by atoms with Gasteiger partial charge in [0.25, 0.3) is 0 Å². The van der Waals surface area contributed by atoms with Gasteiger partial charge in [0.15, 0.2) is 0 Å². The van der Waals surface area contributed by atoms with E-state index in [4.69, 9.17) is 5.73 Å². The van der Waals surface area contributed by atoms with Gasteiger partial charge in [-0.2, -0.15) is 9.97 Å². The van der Waals surface area contributed by atoms with Crippen molar-refractivity contribution in [2.45, 2.75) is 6.54 Å². The number of nitrogens with one attached hydrogen (secondary N) is 1. The predicted octanol–water partition coefficient (Wildman–Crippen LogP) is 1.13. The molecule has 3 N–H and O–H groups in total. The van der Waals surface area contributed by atoms with E-state index in [9.17, 15) is 0 Å². The van der Waals surface area contributed by atoms with Crippen LogP contribution in [0.5, 0.6) is 0 Å². The van der Waals surface area contributed by atoms with Crippen LogP contribution < -0.4 is 16.0 Å². The highest BCUT2D eigenvalue weighted by molar-refractivity contribution is 5.52. The van der Waals surface area contributed by atoms with Crippen LogP contribution in [0.25, 0.3) is 0 Å². The number of nitrogens with two attached hydrogens (primary N) is 1. The van der Waals surface area contributed by atoms with Gasteiger partial charge in [0.2, 0.25) is 5.95 Å². The van der Waals surface area contributed by atoms with Crippen LogP contribution in [0.3, 0.4) is 0 Å². The van der Waals surface area contributed by atoms with Crippen LogP contribution >= 0.6 is 0 Å². The molecule has 2 aromatic heterocycles. The maximum absolute atomic E-state index is 5.66. The molecule has 0 saturated carbocycles. The van der Waals surface area contributed by atoms with E-state index in [1.807, 2.05) is 36.3 Å². The van der Waals surface area contributed by atoms with Crippen LogP contribution in [0.4, 0.5) is 17.6 Å². The summed E-state index contributed by atoms with van der Waals surface area (Å²) in [5.74, 6) is 1.74. The van der Waals surface area contributed by atoms with Crippen molar-refractivity contribution in [3.63, 3.8) is 0 Å². The van der Waals surface area contributed by atoms with Crippen molar-refractivity contribution < 1.29 is 0 Å². The van der Waals surface area contributed by atoms with Crippen molar-refractivity contribution >= 4 is 17.6 Å². The third-order valence-electron chi connectivity index (χ3n) is 2.52. The van der Waals surface area contributed by atoms with Gasteiger partial charge < -0.3 is 16.0 Å². The number of hydrogen-bond acceptors (Lipinski definition) is 6. The second-order valence-corrected chi connectivity index (χ2v) is 3.94. The number of pyridine rings is 1. The number of hydrogen-bond donors (Lipinski definition) is 2. The maximum Gasteiger partial charge on any atom is 0.223 e. The zero-order valence-corrected chi connectivity index (χ0v) is 10.5. The molecule has 0 radical (unpaired) electrons. The molecule has 18 heavy (non-hydrogen) atoms. The van der Waals surface area contributed by atoms with E-state index in [2.05, 4.69) is 20.3 Å². The molecule has 0 aliphatic carbocycles. The first kappa shape index (κ1) is 12.1. The van der Waals surface area contributed by atoms with Crippen molar-refractivity contribution in [2.24, 2.45) is 0 Å². The van der Waals surface area contributed by atoms with Crippen LogP contribution in [0.2, 0.25) is 0 Å². The highest BCUT2D eigenvalue weighted by Crippen LogP contribution is 2.17. The number of nitrogen functional groups attached to an aromatic ring is 1. The summed E-state index contributed by atoms with van der Waals surface area (Å²) in [5, 5.41) is 2.96. The van der Waals surface area contributed by atoms with Gasteiger partial charge in [-0.1, -0.05) is 6.07 Å². The molecule has 0 aliphatic rings. The Morgan fingerprint density at radius 3 is 2.89 bits per heavy atom. The molecular formula is C12H16N6. The quantitative estimate of drug-likeness (QED) is 0.839. The van der Waals surface area contributed by atoms with Crippen molar-refractivity contribution in [3.8, 4) is 0 Å². The molecule has 2 heterocycles. The zero-order valence-electron chi connectivity index (χ0n) is 10.5. The summed E-state index contributed by atoms with van der Waals surface area (Å²) in [6, 6.07) is 5.79. The third kappa shape index (κ3) is 2.85. The van der Waals surface area contributed by atoms with Gasteiger partial charge in [0, 0.05) is 39.1 Å². The molecule has 0 bridgehead atoms. The number of aromatic nitrogens is 3. The van der Waals surface area contributed by atoms with Gasteiger partial charge in [-0.3, -0.25) is 4.98 Å². The Kier molecular flexibility index (Phi) is 3.57. The first-order valence-corrected chi connectivity index (χ1v) is 5.61. The molecule has 0 spiro atoms. The normalized spacial score (nSPS) is 10.1. The fraction of sp³-hybridized carbons (Fsp3) is 0.250. The van der Waals surface area contributed by atoms with E-state index in [0.717, 1.165) is 11.4 Å². The summed E-state index contributed by atoms with van der Waals surface area (Å²) in [5.41, 5.74) is 6.78.